The molecular weight excluding hydrogens is 410 g/mol. The number of guanidine groups is 1. The minimum Gasteiger partial charge on any atom is -0.444 e. The van der Waals surface area contributed by atoms with E-state index in [1.54, 1.807) is 0 Å². The predicted molar refractivity (Wildman–Crippen MR) is 135 cm³/mol. The fraction of sp³-hybridized carbons (Fsp3) is 0.481. The molecule has 1 saturated heterocycles. The SMILES string of the molecule is CCNC(=NCC1CCN(Cc2nc(C)c(C)o2)CC1)NC(C)c1cccc2ccccc12. The summed E-state index contributed by atoms with van der Waals surface area (Å²) in [6.45, 7) is 12.9. The first-order valence-electron chi connectivity index (χ1n) is 12.2. The second-order valence-corrected chi connectivity index (χ2v) is 9.12. The smallest absolute Gasteiger partial charge is 0.208 e. The van der Waals surface area contributed by atoms with Gasteiger partial charge in [0.15, 0.2) is 5.96 Å². The quantitative estimate of drug-likeness (QED) is 0.395. The van der Waals surface area contributed by atoms with E-state index in [4.69, 9.17) is 9.41 Å². The fourth-order valence-corrected chi connectivity index (χ4v) is 4.58. The standard InChI is InChI=1S/C27H37N5O/c1-5-28-27(31-20(3)24-12-8-10-23-9-6-7-11-25(23)24)29-17-22-13-15-32(16-14-22)18-26-30-19(2)21(4)33-26/h6-12,20,22H,5,13-18H2,1-4H3,(H2,28,29,31). The molecule has 6 nitrogen and oxygen atoms in total. The van der Waals surface area contributed by atoms with Crippen LogP contribution in [0.15, 0.2) is 51.9 Å². The average molecular weight is 448 g/mol. The minimum absolute atomic E-state index is 0.170. The lowest BCUT2D eigenvalue weighted by Crippen LogP contribution is -2.39. The number of aliphatic imine (C=N–C) groups is 1. The van der Waals surface area contributed by atoms with Crippen LogP contribution in [0, 0.1) is 19.8 Å². The van der Waals surface area contributed by atoms with E-state index < -0.39 is 0 Å². The number of piperidine rings is 1. The number of nitrogens with one attached hydrogen (secondary N) is 2. The van der Waals surface area contributed by atoms with Crippen LogP contribution >= 0.6 is 0 Å². The molecule has 0 saturated carbocycles. The van der Waals surface area contributed by atoms with Gasteiger partial charge in [0, 0.05) is 13.1 Å². The van der Waals surface area contributed by atoms with E-state index in [1.807, 2.05) is 13.8 Å². The van der Waals surface area contributed by atoms with Crippen molar-refractivity contribution < 1.29 is 4.42 Å². The Labute approximate surface area is 197 Å². The maximum Gasteiger partial charge on any atom is 0.208 e. The summed E-state index contributed by atoms with van der Waals surface area (Å²) in [6, 6.07) is 15.2. The largest absolute Gasteiger partial charge is 0.444 e. The Kier molecular flexibility index (Phi) is 7.65. The summed E-state index contributed by atoms with van der Waals surface area (Å²) < 4.78 is 5.76. The van der Waals surface area contributed by atoms with Gasteiger partial charge in [-0.2, -0.15) is 0 Å². The third-order valence-electron chi connectivity index (χ3n) is 6.63. The molecule has 0 spiro atoms. The van der Waals surface area contributed by atoms with Gasteiger partial charge in [0.25, 0.3) is 0 Å². The first-order chi connectivity index (χ1) is 16.0. The van der Waals surface area contributed by atoms with Crippen LogP contribution in [0.1, 0.15) is 55.6 Å². The third kappa shape index (κ3) is 5.93. The summed E-state index contributed by atoms with van der Waals surface area (Å²) in [5, 5.41) is 9.61. The van der Waals surface area contributed by atoms with E-state index in [0.29, 0.717) is 5.92 Å². The van der Waals surface area contributed by atoms with E-state index in [-0.39, 0.29) is 6.04 Å². The van der Waals surface area contributed by atoms with Crippen molar-refractivity contribution in [3.05, 3.63) is 65.4 Å². The van der Waals surface area contributed by atoms with Gasteiger partial charge in [-0.3, -0.25) is 9.89 Å². The number of oxazole rings is 1. The van der Waals surface area contributed by atoms with Gasteiger partial charge in [-0.1, -0.05) is 42.5 Å². The Balaban J connectivity index is 1.32. The lowest BCUT2D eigenvalue weighted by molar-refractivity contribution is 0.166. The summed E-state index contributed by atoms with van der Waals surface area (Å²) in [5.41, 5.74) is 2.29. The van der Waals surface area contributed by atoms with Crippen molar-refractivity contribution in [3.63, 3.8) is 0 Å². The molecule has 176 valence electrons. The normalized spacial score (nSPS) is 16.8. The van der Waals surface area contributed by atoms with E-state index in [0.717, 1.165) is 68.9 Å². The van der Waals surface area contributed by atoms with Gasteiger partial charge in [0.05, 0.1) is 18.3 Å². The topological polar surface area (TPSA) is 65.7 Å². The Bertz CT molecular complexity index is 1060. The van der Waals surface area contributed by atoms with E-state index in [9.17, 15) is 0 Å². The van der Waals surface area contributed by atoms with Crippen molar-refractivity contribution in [1.29, 1.82) is 0 Å². The van der Waals surface area contributed by atoms with Crippen molar-refractivity contribution in [3.8, 4) is 0 Å². The maximum atomic E-state index is 5.76. The monoisotopic (exact) mass is 447 g/mol. The summed E-state index contributed by atoms with van der Waals surface area (Å²) in [7, 11) is 0. The zero-order chi connectivity index (χ0) is 23.2. The van der Waals surface area contributed by atoms with Crippen molar-refractivity contribution in [1.82, 2.24) is 20.5 Å². The van der Waals surface area contributed by atoms with Crippen molar-refractivity contribution in [2.24, 2.45) is 10.9 Å². The average Bonchev–Trinajstić information content (AvgIpc) is 3.14. The van der Waals surface area contributed by atoms with Crippen molar-refractivity contribution in [2.45, 2.75) is 53.1 Å². The van der Waals surface area contributed by atoms with Crippen LogP contribution in [-0.2, 0) is 6.54 Å². The van der Waals surface area contributed by atoms with Crippen LogP contribution < -0.4 is 10.6 Å². The number of benzene rings is 2. The van der Waals surface area contributed by atoms with Crippen LogP contribution in [0.3, 0.4) is 0 Å². The molecule has 1 aromatic heterocycles. The van der Waals surface area contributed by atoms with Crippen LogP contribution in [-0.4, -0.2) is 42.0 Å². The molecule has 6 heteroatoms. The van der Waals surface area contributed by atoms with Gasteiger partial charge in [-0.25, -0.2) is 4.98 Å². The van der Waals surface area contributed by atoms with Crippen molar-refractivity contribution >= 4 is 16.7 Å². The molecule has 1 aliphatic rings. The summed E-state index contributed by atoms with van der Waals surface area (Å²) >= 11 is 0. The molecule has 0 aliphatic carbocycles. The number of hydrogen-bond acceptors (Lipinski definition) is 4. The molecule has 1 aliphatic heterocycles. The molecule has 0 bridgehead atoms. The minimum atomic E-state index is 0.170. The van der Waals surface area contributed by atoms with Crippen molar-refractivity contribution in [2.75, 3.05) is 26.2 Å². The van der Waals surface area contributed by atoms with Crippen LogP contribution in [0.5, 0.6) is 0 Å². The van der Waals surface area contributed by atoms with E-state index in [1.165, 1.54) is 16.3 Å². The molecule has 0 amide bonds. The molecular formula is C27H37N5O. The Hall–Kier alpha value is -2.86. The zero-order valence-corrected chi connectivity index (χ0v) is 20.4. The van der Waals surface area contributed by atoms with E-state index >= 15 is 0 Å². The molecule has 0 radical (unpaired) electrons. The molecule has 3 aromatic rings. The number of hydrogen-bond donors (Lipinski definition) is 2. The number of fused-ring (bicyclic) bond motifs is 1. The van der Waals surface area contributed by atoms with Gasteiger partial charge >= 0.3 is 0 Å². The maximum absolute atomic E-state index is 5.76. The third-order valence-corrected chi connectivity index (χ3v) is 6.63. The second kappa shape index (κ2) is 10.8. The first kappa shape index (κ1) is 23.3. The van der Waals surface area contributed by atoms with Crippen LogP contribution in [0.25, 0.3) is 10.8 Å². The fourth-order valence-electron chi connectivity index (χ4n) is 4.58. The lowest BCUT2D eigenvalue weighted by atomic mass is 9.97. The molecule has 2 aromatic carbocycles. The highest BCUT2D eigenvalue weighted by atomic mass is 16.4. The number of aryl methyl sites for hydroxylation is 2. The van der Waals surface area contributed by atoms with Crippen LogP contribution in [0.2, 0.25) is 0 Å². The Morgan fingerprint density at radius 1 is 1.15 bits per heavy atom. The number of rotatable bonds is 7. The zero-order valence-electron chi connectivity index (χ0n) is 20.4. The molecule has 4 rings (SSSR count). The van der Waals surface area contributed by atoms with E-state index in [2.05, 4.69) is 76.8 Å². The highest BCUT2D eigenvalue weighted by Gasteiger charge is 2.21. The summed E-state index contributed by atoms with van der Waals surface area (Å²) in [6.07, 6.45) is 2.31. The Morgan fingerprint density at radius 3 is 2.64 bits per heavy atom. The molecule has 2 N–H and O–H groups in total. The molecule has 1 fully saturated rings. The summed E-state index contributed by atoms with van der Waals surface area (Å²) in [4.78, 5) is 11.9. The molecule has 1 unspecified atom stereocenters. The van der Waals surface area contributed by atoms with Gasteiger partial charge in [0.2, 0.25) is 5.89 Å². The second-order valence-electron chi connectivity index (χ2n) is 9.12. The van der Waals surface area contributed by atoms with Crippen LogP contribution in [0.4, 0.5) is 0 Å². The number of nitrogens with zero attached hydrogens (tertiary/aromatic N) is 3. The van der Waals surface area contributed by atoms with Gasteiger partial charge in [-0.05, 0) is 75.9 Å². The lowest BCUT2D eigenvalue weighted by Gasteiger charge is -2.30. The van der Waals surface area contributed by atoms with Gasteiger partial charge in [0.1, 0.15) is 5.76 Å². The highest BCUT2D eigenvalue weighted by Crippen LogP contribution is 2.24. The predicted octanol–water partition coefficient (Wildman–Crippen LogP) is 4.97. The first-order valence-corrected chi connectivity index (χ1v) is 12.2. The molecule has 2 heterocycles. The summed E-state index contributed by atoms with van der Waals surface area (Å²) in [5.74, 6) is 3.27. The molecule has 33 heavy (non-hydrogen) atoms. The van der Waals surface area contributed by atoms with Gasteiger partial charge < -0.3 is 15.1 Å². The Morgan fingerprint density at radius 2 is 1.91 bits per heavy atom. The number of likely N-dealkylation sites (tertiary alicyclic amines) is 1. The van der Waals surface area contributed by atoms with Gasteiger partial charge in [-0.15, -0.1) is 0 Å². The molecule has 1 atom stereocenters. The highest BCUT2D eigenvalue weighted by molar-refractivity contribution is 5.87. The number of aromatic nitrogens is 1.